The van der Waals surface area contributed by atoms with Crippen molar-refractivity contribution in [2.45, 2.75) is 5.22 Å². The van der Waals surface area contributed by atoms with E-state index in [0.29, 0.717) is 0 Å². The first kappa shape index (κ1) is 14.7. The smallest absolute Gasteiger partial charge is 0.740 e. The molecule has 0 bridgehead atoms. The number of nitro benzene ring substituents is 1. The van der Waals surface area contributed by atoms with Crippen molar-refractivity contribution in [2.75, 3.05) is 0 Å². The van der Waals surface area contributed by atoms with Crippen LogP contribution in [0, 0.1) is 10.1 Å². The summed E-state index contributed by atoms with van der Waals surface area (Å²) < 4.78 is 36.3. The molecule has 1 heterocycles. The zero-order valence-corrected chi connectivity index (χ0v) is 12.4. The first-order valence-electron chi connectivity index (χ1n) is 3.89. The minimum atomic E-state index is -4.80. The molecule has 0 spiro atoms. The van der Waals surface area contributed by atoms with Crippen LogP contribution < -0.4 is 51.4 Å². The third-order valence-corrected chi connectivity index (χ3v) is 2.38. The van der Waals surface area contributed by atoms with Crippen molar-refractivity contribution in [3.05, 3.63) is 28.3 Å². The molecule has 17 heavy (non-hydrogen) atoms. The van der Waals surface area contributed by atoms with Crippen molar-refractivity contribution >= 4 is 26.9 Å². The van der Waals surface area contributed by atoms with E-state index in [-0.39, 0.29) is 68.2 Å². The molecule has 0 aliphatic heterocycles. The van der Waals surface area contributed by atoms with Gasteiger partial charge in [-0.3, -0.25) is 10.1 Å². The van der Waals surface area contributed by atoms with Gasteiger partial charge in [0.15, 0.2) is 15.7 Å². The Morgan fingerprint density at radius 2 is 2.00 bits per heavy atom. The van der Waals surface area contributed by atoms with Crippen molar-refractivity contribution in [3.8, 4) is 0 Å². The van der Waals surface area contributed by atoms with Crippen molar-refractivity contribution in [2.24, 2.45) is 0 Å². The van der Waals surface area contributed by atoms with Crippen molar-refractivity contribution in [1.29, 1.82) is 0 Å². The Hall–Kier alpha value is -0.364. The molecule has 8 nitrogen and oxygen atoms in total. The van der Waals surface area contributed by atoms with E-state index < -0.39 is 20.3 Å². The number of oxazole rings is 1. The third-order valence-electron chi connectivity index (χ3n) is 1.78. The number of rotatable bonds is 2. The summed E-state index contributed by atoms with van der Waals surface area (Å²) in [6.45, 7) is 0. The van der Waals surface area contributed by atoms with Gasteiger partial charge in [-0.15, -0.1) is 0 Å². The summed E-state index contributed by atoms with van der Waals surface area (Å²) in [5, 5.41) is 9.41. The zero-order chi connectivity index (χ0) is 11.9. The number of hydrogen-bond donors (Lipinski definition) is 0. The van der Waals surface area contributed by atoms with Crippen molar-refractivity contribution in [3.63, 3.8) is 0 Å². The molecule has 1 aromatic carbocycles. The Morgan fingerprint density at radius 1 is 1.35 bits per heavy atom. The van der Waals surface area contributed by atoms with Crippen LogP contribution in [0.15, 0.2) is 27.8 Å². The monoisotopic (exact) mass is 282 g/mol. The van der Waals surface area contributed by atoms with Crippen LogP contribution in [-0.4, -0.2) is 22.9 Å². The molecule has 0 unspecified atom stereocenters. The van der Waals surface area contributed by atoms with E-state index in [2.05, 4.69) is 9.40 Å². The number of benzene rings is 1. The number of hydrogen-bond acceptors (Lipinski definition) is 7. The van der Waals surface area contributed by atoms with Crippen molar-refractivity contribution in [1.82, 2.24) is 4.98 Å². The van der Waals surface area contributed by atoms with Crippen LogP contribution >= 0.6 is 0 Å². The fourth-order valence-electron chi connectivity index (χ4n) is 1.11. The summed E-state index contributed by atoms with van der Waals surface area (Å²) in [4.78, 5) is 13.1. The molecule has 0 amide bonds. The molecule has 2 rings (SSSR count). The Kier molecular flexibility index (Phi) is 4.41. The maximum absolute atomic E-state index is 10.6. The van der Waals surface area contributed by atoms with E-state index in [9.17, 15) is 23.1 Å². The standard InChI is InChI=1S/C7H4N2O6S.K/c10-9(11)4-1-2-5-6(3-4)15-7(8-5)16(12,13)14;/h1-3H,(H,12,13,14);/q;+1/p-1. The molecule has 0 aliphatic carbocycles. The fraction of sp³-hybridized carbons (Fsp3) is 0. The Morgan fingerprint density at radius 3 is 2.53 bits per heavy atom. The average molecular weight is 282 g/mol. The molecule has 0 atom stereocenters. The summed E-state index contributed by atoms with van der Waals surface area (Å²) >= 11 is 0. The molecular formula is C7H3KN2O6S. The van der Waals surface area contributed by atoms with Gasteiger partial charge in [0, 0.05) is 6.07 Å². The number of nitro groups is 1. The quantitative estimate of drug-likeness (QED) is 0.261. The topological polar surface area (TPSA) is 126 Å². The number of non-ortho nitro benzene ring substituents is 1. The first-order chi connectivity index (χ1) is 7.38. The summed E-state index contributed by atoms with van der Waals surface area (Å²) in [6.07, 6.45) is 0. The summed E-state index contributed by atoms with van der Waals surface area (Å²) in [5.41, 5.74) is -0.331. The molecule has 0 aliphatic rings. The van der Waals surface area contributed by atoms with Gasteiger partial charge in [0.25, 0.3) is 5.69 Å². The molecule has 0 N–H and O–H groups in total. The molecule has 0 saturated heterocycles. The maximum atomic E-state index is 10.6. The second-order valence-electron chi connectivity index (χ2n) is 2.84. The van der Waals surface area contributed by atoms with E-state index in [1.165, 1.54) is 6.07 Å². The molecular weight excluding hydrogens is 279 g/mol. The molecule has 0 fully saturated rings. The maximum Gasteiger partial charge on any atom is 1.00 e. The average Bonchev–Trinajstić information content (AvgIpc) is 2.58. The summed E-state index contributed by atoms with van der Waals surface area (Å²) in [5.74, 6) is 0. The van der Waals surface area contributed by atoms with E-state index in [1.54, 1.807) is 0 Å². The van der Waals surface area contributed by atoms with Gasteiger partial charge in [0.05, 0.1) is 11.0 Å². The third kappa shape index (κ3) is 3.10. The van der Waals surface area contributed by atoms with E-state index in [1.807, 2.05) is 0 Å². The van der Waals surface area contributed by atoms with Crippen molar-refractivity contribution < 1.29 is 73.7 Å². The van der Waals surface area contributed by atoms with E-state index in [4.69, 9.17) is 0 Å². The normalized spacial score (nSPS) is 11.1. The van der Waals surface area contributed by atoms with Crippen LogP contribution in [0.1, 0.15) is 0 Å². The van der Waals surface area contributed by atoms with Gasteiger partial charge in [0.1, 0.15) is 5.52 Å². The predicted molar refractivity (Wildman–Crippen MR) is 48.6 cm³/mol. The molecule has 2 aromatic rings. The van der Waals surface area contributed by atoms with Gasteiger partial charge in [-0.25, -0.2) is 13.4 Å². The van der Waals surface area contributed by atoms with Gasteiger partial charge in [-0.2, -0.15) is 0 Å². The zero-order valence-electron chi connectivity index (χ0n) is 8.48. The van der Waals surface area contributed by atoms with E-state index in [0.717, 1.165) is 12.1 Å². The predicted octanol–water partition coefficient (Wildman–Crippen LogP) is -2.36. The second-order valence-corrected chi connectivity index (χ2v) is 4.10. The van der Waals surface area contributed by atoms with Crippen LogP contribution in [0.4, 0.5) is 5.69 Å². The fourth-order valence-corrected chi connectivity index (χ4v) is 1.51. The summed E-state index contributed by atoms with van der Waals surface area (Å²) in [6, 6.07) is 3.33. The minimum absolute atomic E-state index is 0. The SMILES string of the molecule is O=[N+]([O-])c1ccc2nc(S(=O)(=O)[O-])oc2c1.[K+]. The van der Waals surface area contributed by atoms with Crippen LogP contribution in [0.25, 0.3) is 11.1 Å². The van der Waals surface area contributed by atoms with Crippen LogP contribution in [0.5, 0.6) is 0 Å². The van der Waals surface area contributed by atoms with Gasteiger partial charge < -0.3 is 8.97 Å². The largest absolute Gasteiger partial charge is 1.00 e. The van der Waals surface area contributed by atoms with Gasteiger partial charge >= 0.3 is 56.6 Å². The number of fused-ring (bicyclic) bond motifs is 1. The van der Waals surface area contributed by atoms with Crippen LogP contribution in [0.2, 0.25) is 0 Å². The molecule has 84 valence electrons. The van der Waals surface area contributed by atoms with Crippen LogP contribution in [-0.2, 0) is 10.1 Å². The molecule has 0 saturated carbocycles. The minimum Gasteiger partial charge on any atom is -0.740 e. The van der Waals surface area contributed by atoms with Gasteiger partial charge in [-0.05, 0) is 6.07 Å². The number of nitrogens with zero attached hydrogens (tertiary/aromatic N) is 2. The number of aromatic nitrogens is 1. The van der Waals surface area contributed by atoms with E-state index >= 15 is 0 Å². The Balaban J connectivity index is 0.00000144. The molecule has 10 heteroatoms. The van der Waals surface area contributed by atoms with Gasteiger partial charge in [-0.1, -0.05) is 0 Å². The first-order valence-corrected chi connectivity index (χ1v) is 5.29. The summed E-state index contributed by atoms with van der Waals surface area (Å²) in [7, 11) is -4.80. The second kappa shape index (κ2) is 5.10. The van der Waals surface area contributed by atoms with Crippen LogP contribution in [0.3, 0.4) is 0 Å². The molecule has 0 radical (unpaired) electrons. The Labute approximate surface area is 137 Å². The Bertz CT molecular complexity index is 679. The molecule has 1 aromatic heterocycles. The van der Waals surface area contributed by atoms with Gasteiger partial charge in [0.2, 0.25) is 0 Å².